The Morgan fingerprint density at radius 3 is 2.36 bits per heavy atom. The molecular weight excluding hydrogens is 178 g/mol. The lowest BCUT2D eigenvalue weighted by atomic mass is 9.74. The Hall–Kier alpha value is -0.120. The lowest BCUT2D eigenvalue weighted by Gasteiger charge is -2.36. The third-order valence-electron chi connectivity index (χ3n) is 3.35. The predicted octanol–water partition coefficient (Wildman–Crippen LogP) is 0.900. The fourth-order valence-electron chi connectivity index (χ4n) is 2.15. The first-order valence-electron chi connectivity index (χ1n) is 5.67. The molecule has 0 heterocycles. The molecule has 3 heteroatoms. The van der Waals surface area contributed by atoms with Gasteiger partial charge in [0.2, 0.25) is 0 Å². The highest BCUT2D eigenvalue weighted by molar-refractivity contribution is 4.85. The van der Waals surface area contributed by atoms with E-state index in [2.05, 4.69) is 5.32 Å². The van der Waals surface area contributed by atoms with Crippen LogP contribution in [0.5, 0.6) is 0 Å². The van der Waals surface area contributed by atoms with Crippen molar-refractivity contribution in [2.24, 2.45) is 5.41 Å². The summed E-state index contributed by atoms with van der Waals surface area (Å²) in [5.74, 6) is 0. The van der Waals surface area contributed by atoms with E-state index in [1.54, 1.807) is 0 Å². The summed E-state index contributed by atoms with van der Waals surface area (Å²) in [4.78, 5) is 0. The van der Waals surface area contributed by atoms with Gasteiger partial charge in [0.15, 0.2) is 0 Å². The van der Waals surface area contributed by atoms with Crippen molar-refractivity contribution in [3.05, 3.63) is 0 Å². The molecule has 0 saturated heterocycles. The number of hydrogen-bond donors (Lipinski definition) is 3. The lowest BCUT2D eigenvalue weighted by molar-refractivity contribution is 0.0759. The molecular formula is C11H23NO2. The zero-order valence-corrected chi connectivity index (χ0v) is 9.13. The van der Waals surface area contributed by atoms with Crippen LogP contribution in [0.2, 0.25) is 0 Å². The van der Waals surface area contributed by atoms with Crippen LogP contribution in [0.15, 0.2) is 0 Å². The van der Waals surface area contributed by atoms with Crippen molar-refractivity contribution >= 4 is 0 Å². The summed E-state index contributed by atoms with van der Waals surface area (Å²) in [6.07, 6.45) is 6.01. The first kappa shape index (κ1) is 12.0. The first-order chi connectivity index (χ1) is 6.72. The van der Waals surface area contributed by atoms with Gasteiger partial charge in [-0.15, -0.1) is 0 Å². The maximum absolute atomic E-state index is 9.42. The summed E-state index contributed by atoms with van der Waals surface area (Å²) in [5, 5.41) is 21.6. The van der Waals surface area contributed by atoms with Gasteiger partial charge >= 0.3 is 0 Å². The molecule has 3 nitrogen and oxygen atoms in total. The number of aliphatic hydroxyl groups excluding tert-OH is 2. The molecule has 0 spiro atoms. The Bertz CT molecular complexity index is 155. The second-order valence-electron chi connectivity index (χ2n) is 4.68. The second-order valence-corrected chi connectivity index (χ2v) is 4.68. The van der Waals surface area contributed by atoms with Crippen LogP contribution in [0.3, 0.4) is 0 Å². The molecule has 14 heavy (non-hydrogen) atoms. The van der Waals surface area contributed by atoms with E-state index in [0.29, 0.717) is 0 Å². The summed E-state index contributed by atoms with van der Waals surface area (Å²) in [6.45, 7) is 3.25. The van der Waals surface area contributed by atoms with Crippen molar-refractivity contribution in [1.82, 2.24) is 5.32 Å². The van der Waals surface area contributed by atoms with Crippen LogP contribution in [0.4, 0.5) is 0 Å². The van der Waals surface area contributed by atoms with Crippen molar-refractivity contribution in [3.8, 4) is 0 Å². The largest absolute Gasteiger partial charge is 0.396 e. The highest BCUT2D eigenvalue weighted by Crippen LogP contribution is 2.35. The van der Waals surface area contributed by atoms with Gasteiger partial charge in [-0.3, -0.25) is 0 Å². The maximum Gasteiger partial charge on any atom is 0.0581 e. The van der Waals surface area contributed by atoms with E-state index in [-0.39, 0.29) is 24.7 Å². The van der Waals surface area contributed by atoms with Gasteiger partial charge in [0.05, 0.1) is 6.61 Å². The highest BCUT2D eigenvalue weighted by Gasteiger charge is 2.31. The van der Waals surface area contributed by atoms with Crippen LogP contribution in [-0.4, -0.2) is 36.0 Å². The van der Waals surface area contributed by atoms with E-state index in [1.165, 1.54) is 19.3 Å². The number of rotatable bonds is 5. The lowest BCUT2D eigenvalue weighted by Crippen LogP contribution is -2.43. The van der Waals surface area contributed by atoms with E-state index in [4.69, 9.17) is 5.11 Å². The van der Waals surface area contributed by atoms with E-state index in [0.717, 1.165) is 19.4 Å². The highest BCUT2D eigenvalue weighted by atomic mass is 16.3. The summed E-state index contributed by atoms with van der Waals surface area (Å²) in [7, 11) is 0. The van der Waals surface area contributed by atoms with Gasteiger partial charge in [0, 0.05) is 24.6 Å². The molecule has 0 aliphatic heterocycles. The molecule has 0 radical (unpaired) electrons. The van der Waals surface area contributed by atoms with Crippen molar-refractivity contribution in [2.45, 2.75) is 45.1 Å². The van der Waals surface area contributed by atoms with Gasteiger partial charge in [-0.25, -0.2) is 0 Å². The van der Waals surface area contributed by atoms with Gasteiger partial charge < -0.3 is 15.5 Å². The number of aliphatic hydroxyl groups is 2. The molecule has 1 aliphatic carbocycles. The molecule has 0 bridgehead atoms. The third kappa shape index (κ3) is 3.23. The molecule has 1 unspecified atom stereocenters. The number of hydrogen-bond acceptors (Lipinski definition) is 3. The third-order valence-corrected chi connectivity index (χ3v) is 3.35. The van der Waals surface area contributed by atoms with Crippen LogP contribution in [0, 0.1) is 5.41 Å². The summed E-state index contributed by atoms with van der Waals surface area (Å²) < 4.78 is 0. The predicted molar refractivity (Wildman–Crippen MR) is 57.2 cm³/mol. The van der Waals surface area contributed by atoms with E-state index in [1.807, 2.05) is 6.92 Å². The SMILES string of the molecule is CC(CO)NCC1(CO)CCCCC1. The van der Waals surface area contributed by atoms with Crippen molar-refractivity contribution in [3.63, 3.8) is 0 Å². The summed E-state index contributed by atoms with van der Waals surface area (Å²) in [6, 6.07) is 0.139. The van der Waals surface area contributed by atoms with Gasteiger partial charge in [-0.05, 0) is 19.8 Å². The Labute approximate surface area is 86.5 Å². The average Bonchev–Trinajstić information content (AvgIpc) is 2.27. The Morgan fingerprint density at radius 1 is 1.21 bits per heavy atom. The fourth-order valence-corrected chi connectivity index (χ4v) is 2.15. The normalized spacial score (nSPS) is 23.4. The van der Waals surface area contributed by atoms with E-state index in [9.17, 15) is 5.11 Å². The molecule has 84 valence electrons. The molecule has 1 aliphatic rings. The Balaban J connectivity index is 2.36. The fraction of sp³-hybridized carbons (Fsp3) is 1.00. The molecule has 0 amide bonds. The molecule has 1 fully saturated rings. The molecule has 1 saturated carbocycles. The van der Waals surface area contributed by atoms with Crippen molar-refractivity contribution in [2.75, 3.05) is 19.8 Å². The zero-order chi connectivity index (χ0) is 10.4. The van der Waals surface area contributed by atoms with Gasteiger partial charge in [-0.2, -0.15) is 0 Å². The van der Waals surface area contributed by atoms with Crippen LogP contribution >= 0.6 is 0 Å². The molecule has 0 aromatic heterocycles. The van der Waals surface area contributed by atoms with Gasteiger partial charge in [0.1, 0.15) is 0 Å². The average molecular weight is 201 g/mol. The van der Waals surface area contributed by atoms with Gasteiger partial charge in [0.25, 0.3) is 0 Å². The van der Waals surface area contributed by atoms with Crippen molar-refractivity contribution in [1.29, 1.82) is 0 Å². The summed E-state index contributed by atoms with van der Waals surface area (Å²) in [5.41, 5.74) is 0.0850. The van der Waals surface area contributed by atoms with E-state index >= 15 is 0 Å². The number of nitrogens with one attached hydrogen (secondary N) is 1. The molecule has 0 aromatic rings. The Kier molecular flexibility index (Phi) is 4.85. The van der Waals surface area contributed by atoms with Crippen LogP contribution in [-0.2, 0) is 0 Å². The van der Waals surface area contributed by atoms with E-state index < -0.39 is 0 Å². The molecule has 0 aromatic carbocycles. The minimum Gasteiger partial charge on any atom is -0.396 e. The topological polar surface area (TPSA) is 52.5 Å². The monoisotopic (exact) mass is 201 g/mol. The zero-order valence-electron chi connectivity index (χ0n) is 9.13. The molecule has 1 rings (SSSR count). The minimum absolute atomic E-state index is 0.0850. The van der Waals surface area contributed by atoms with Crippen LogP contribution in [0.25, 0.3) is 0 Å². The molecule has 3 N–H and O–H groups in total. The second kappa shape index (κ2) is 5.69. The molecule has 1 atom stereocenters. The Morgan fingerprint density at radius 2 is 1.86 bits per heavy atom. The quantitative estimate of drug-likeness (QED) is 0.619. The minimum atomic E-state index is 0.0850. The standard InChI is InChI=1S/C11H23NO2/c1-10(7-13)12-8-11(9-14)5-3-2-4-6-11/h10,12-14H,2-9H2,1H3. The van der Waals surface area contributed by atoms with Crippen LogP contribution in [0.1, 0.15) is 39.0 Å². The summed E-state index contributed by atoms with van der Waals surface area (Å²) >= 11 is 0. The maximum atomic E-state index is 9.42. The van der Waals surface area contributed by atoms with Gasteiger partial charge in [-0.1, -0.05) is 19.3 Å². The smallest absolute Gasteiger partial charge is 0.0581 e. The first-order valence-corrected chi connectivity index (χ1v) is 5.67. The van der Waals surface area contributed by atoms with Crippen molar-refractivity contribution < 1.29 is 10.2 Å². The van der Waals surface area contributed by atoms with Crippen LogP contribution < -0.4 is 5.32 Å².